The molecule has 7 heteroatoms. The van der Waals surface area contributed by atoms with Crippen LogP contribution < -0.4 is 0 Å². The summed E-state index contributed by atoms with van der Waals surface area (Å²) < 4.78 is 9.03. The first-order chi connectivity index (χ1) is 9.51. The number of amides is 1. The third-order valence-corrected chi connectivity index (χ3v) is 4.00. The summed E-state index contributed by atoms with van der Waals surface area (Å²) in [5, 5.41) is 0. The molecule has 0 aromatic carbocycles. The molecular formula is C13H19N3O3S. The fraction of sp³-hybridized carbons (Fsp3) is 0.615. The van der Waals surface area contributed by atoms with Crippen LogP contribution in [0.5, 0.6) is 0 Å². The van der Waals surface area contributed by atoms with Gasteiger partial charge in [0.2, 0.25) is 0 Å². The second-order valence-electron chi connectivity index (χ2n) is 4.91. The van der Waals surface area contributed by atoms with Crippen LogP contribution in [0.4, 0.5) is 0 Å². The first-order valence-electron chi connectivity index (χ1n) is 6.59. The molecule has 1 aromatic heterocycles. The summed E-state index contributed by atoms with van der Waals surface area (Å²) in [7, 11) is 1.87. The van der Waals surface area contributed by atoms with E-state index in [1.165, 1.54) is 11.5 Å². The number of carbonyl (C=O) groups excluding carboxylic acids is 2. The molecule has 0 atom stereocenters. The van der Waals surface area contributed by atoms with Crippen LogP contribution in [0.2, 0.25) is 0 Å². The highest BCUT2D eigenvalue weighted by Crippen LogP contribution is 2.18. The Bertz CT molecular complexity index is 497. The molecule has 0 aliphatic carbocycles. The van der Waals surface area contributed by atoms with Gasteiger partial charge in [-0.15, -0.1) is 0 Å². The number of nitrogens with zero attached hydrogens (tertiary/aromatic N) is 3. The number of rotatable bonds is 5. The summed E-state index contributed by atoms with van der Waals surface area (Å²) in [6, 6.07) is 2.02. The predicted molar refractivity (Wildman–Crippen MR) is 75.8 cm³/mol. The van der Waals surface area contributed by atoms with Gasteiger partial charge in [-0.2, -0.15) is 4.37 Å². The highest BCUT2D eigenvalue weighted by molar-refractivity contribution is 7.05. The van der Waals surface area contributed by atoms with Crippen molar-refractivity contribution in [3.8, 4) is 0 Å². The van der Waals surface area contributed by atoms with E-state index in [2.05, 4.69) is 4.37 Å². The van der Waals surface area contributed by atoms with Gasteiger partial charge in [0.15, 0.2) is 0 Å². The van der Waals surface area contributed by atoms with E-state index in [1.807, 2.05) is 24.9 Å². The molecule has 6 nitrogen and oxygen atoms in total. The van der Waals surface area contributed by atoms with Gasteiger partial charge in [0.1, 0.15) is 5.69 Å². The minimum atomic E-state index is -0.227. The van der Waals surface area contributed by atoms with Crippen LogP contribution in [-0.4, -0.2) is 65.4 Å². The largest absolute Gasteiger partial charge is 0.465 e. The highest BCUT2D eigenvalue weighted by Gasteiger charge is 2.35. The Morgan fingerprint density at radius 3 is 2.80 bits per heavy atom. The molecule has 0 unspecified atom stereocenters. The average molecular weight is 297 g/mol. The lowest BCUT2D eigenvalue weighted by molar-refractivity contribution is -0.145. The summed E-state index contributed by atoms with van der Waals surface area (Å²) in [6.45, 7) is 5.63. The van der Waals surface area contributed by atoms with Crippen LogP contribution in [0.1, 0.15) is 22.3 Å². The van der Waals surface area contributed by atoms with Crippen molar-refractivity contribution in [2.24, 2.45) is 0 Å². The topological polar surface area (TPSA) is 62.7 Å². The van der Waals surface area contributed by atoms with Gasteiger partial charge in [-0.05, 0) is 38.5 Å². The predicted octanol–water partition coefficient (Wildman–Crippen LogP) is 0.771. The van der Waals surface area contributed by atoms with Gasteiger partial charge in [-0.25, -0.2) is 0 Å². The van der Waals surface area contributed by atoms with Crippen LogP contribution in [0.3, 0.4) is 0 Å². The molecule has 20 heavy (non-hydrogen) atoms. The van der Waals surface area contributed by atoms with Gasteiger partial charge in [-0.3, -0.25) is 14.5 Å². The normalized spacial score (nSPS) is 15.3. The van der Waals surface area contributed by atoms with Crippen LogP contribution in [-0.2, 0) is 9.53 Å². The number of aromatic nitrogens is 1. The van der Waals surface area contributed by atoms with Crippen molar-refractivity contribution < 1.29 is 14.3 Å². The number of likely N-dealkylation sites (N-methyl/N-ethyl adjacent to an activating group) is 1. The fourth-order valence-corrected chi connectivity index (χ4v) is 2.61. The number of esters is 1. The standard InChI is InChI=1S/C13H19N3O3S/c1-4-19-12(17)8-15(3)10-6-16(7-10)13(18)11-5-9(2)20-14-11/h5,10H,4,6-8H2,1-3H3. The van der Waals surface area contributed by atoms with E-state index in [4.69, 9.17) is 4.74 Å². The minimum Gasteiger partial charge on any atom is -0.465 e. The summed E-state index contributed by atoms with van der Waals surface area (Å²) in [6.07, 6.45) is 0. The van der Waals surface area contributed by atoms with Crippen LogP contribution in [0.25, 0.3) is 0 Å². The van der Waals surface area contributed by atoms with Gasteiger partial charge in [0.05, 0.1) is 13.2 Å². The molecular weight excluding hydrogens is 278 g/mol. The first kappa shape index (κ1) is 14.9. The lowest BCUT2D eigenvalue weighted by Gasteiger charge is -2.43. The summed E-state index contributed by atoms with van der Waals surface area (Å²) in [4.78, 5) is 28.2. The van der Waals surface area contributed by atoms with E-state index < -0.39 is 0 Å². The number of likely N-dealkylation sites (tertiary alicyclic amines) is 1. The zero-order valence-corrected chi connectivity index (χ0v) is 12.8. The molecule has 1 aromatic rings. The smallest absolute Gasteiger partial charge is 0.320 e. The van der Waals surface area contributed by atoms with Crippen molar-refractivity contribution in [2.75, 3.05) is 33.3 Å². The van der Waals surface area contributed by atoms with Crippen molar-refractivity contribution >= 4 is 23.4 Å². The average Bonchev–Trinajstić information content (AvgIpc) is 2.73. The Morgan fingerprint density at radius 1 is 1.55 bits per heavy atom. The number of aryl methyl sites for hydroxylation is 1. The van der Waals surface area contributed by atoms with Gasteiger partial charge in [-0.1, -0.05) is 0 Å². The van der Waals surface area contributed by atoms with Gasteiger partial charge < -0.3 is 9.64 Å². The number of ether oxygens (including phenoxy) is 1. The Kier molecular flexibility index (Phi) is 4.72. The van der Waals surface area contributed by atoms with Gasteiger partial charge in [0, 0.05) is 24.0 Å². The fourth-order valence-electron chi connectivity index (χ4n) is 2.07. The lowest BCUT2D eigenvalue weighted by Crippen LogP contribution is -2.60. The third kappa shape index (κ3) is 3.34. The van der Waals surface area contributed by atoms with Crippen LogP contribution in [0.15, 0.2) is 6.07 Å². The Hall–Kier alpha value is -1.47. The summed E-state index contributed by atoms with van der Waals surface area (Å²) in [5.74, 6) is -0.259. The SMILES string of the molecule is CCOC(=O)CN(C)C1CN(C(=O)c2cc(C)sn2)C1. The Labute approximate surface area is 122 Å². The quantitative estimate of drug-likeness (QED) is 0.751. The van der Waals surface area contributed by atoms with Crippen molar-refractivity contribution in [1.29, 1.82) is 0 Å². The van der Waals surface area contributed by atoms with Gasteiger partial charge >= 0.3 is 5.97 Å². The van der Waals surface area contributed by atoms with Crippen molar-refractivity contribution in [3.05, 3.63) is 16.6 Å². The molecule has 0 radical (unpaired) electrons. The molecule has 0 N–H and O–H groups in total. The third-order valence-electron chi connectivity index (χ3n) is 3.30. The molecule has 1 aliphatic rings. The van der Waals surface area contributed by atoms with E-state index >= 15 is 0 Å². The maximum absolute atomic E-state index is 12.1. The molecule has 0 saturated carbocycles. The molecule has 1 fully saturated rings. The van der Waals surface area contributed by atoms with Crippen LogP contribution in [0, 0.1) is 6.92 Å². The van der Waals surface area contributed by atoms with E-state index in [1.54, 1.807) is 11.8 Å². The molecule has 2 heterocycles. The van der Waals surface area contributed by atoms with E-state index in [0.29, 0.717) is 25.4 Å². The second-order valence-corrected chi connectivity index (χ2v) is 5.92. The maximum atomic E-state index is 12.1. The number of hydrogen-bond donors (Lipinski definition) is 0. The van der Waals surface area contributed by atoms with E-state index in [0.717, 1.165) is 4.88 Å². The molecule has 0 spiro atoms. The summed E-state index contributed by atoms with van der Waals surface area (Å²) in [5.41, 5.74) is 0.513. The monoisotopic (exact) mass is 297 g/mol. The zero-order valence-electron chi connectivity index (χ0n) is 12.0. The van der Waals surface area contributed by atoms with Crippen molar-refractivity contribution in [2.45, 2.75) is 19.9 Å². The number of hydrogen-bond acceptors (Lipinski definition) is 6. The lowest BCUT2D eigenvalue weighted by atomic mass is 10.1. The van der Waals surface area contributed by atoms with E-state index in [9.17, 15) is 9.59 Å². The zero-order chi connectivity index (χ0) is 14.7. The summed E-state index contributed by atoms with van der Waals surface area (Å²) >= 11 is 1.34. The molecule has 0 bridgehead atoms. The molecule has 1 aliphatic heterocycles. The second kappa shape index (κ2) is 6.32. The minimum absolute atomic E-state index is 0.0323. The Balaban J connectivity index is 1.79. The molecule has 110 valence electrons. The molecule has 1 amide bonds. The molecule has 2 rings (SSSR count). The number of carbonyl (C=O) groups is 2. The van der Waals surface area contributed by atoms with Crippen LogP contribution >= 0.6 is 11.5 Å². The Morgan fingerprint density at radius 2 is 2.25 bits per heavy atom. The van der Waals surface area contributed by atoms with Gasteiger partial charge in [0.25, 0.3) is 5.91 Å². The van der Waals surface area contributed by atoms with Crippen molar-refractivity contribution in [3.63, 3.8) is 0 Å². The highest BCUT2D eigenvalue weighted by atomic mass is 32.1. The first-order valence-corrected chi connectivity index (χ1v) is 7.37. The van der Waals surface area contributed by atoms with Crippen molar-refractivity contribution in [1.82, 2.24) is 14.2 Å². The maximum Gasteiger partial charge on any atom is 0.320 e. The van der Waals surface area contributed by atoms with E-state index in [-0.39, 0.29) is 24.5 Å². The molecule has 1 saturated heterocycles.